The SMILES string of the molecule is CCOc1cc(C=C(C#N)C(=O)NCCc2c[nH]c3ccccc23)ccc1OCc1ccc(C(=O)O)o1. The number of nitrogens with one attached hydrogen (secondary N) is 2. The van der Waals surface area contributed by atoms with Gasteiger partial charge in [0.25, 0.3) is 5.91 Å². The monoisotopic (exact) mass is 499 g/mol. The van der Waals surface area contributed by atoms with Crippen LogP contribution in [0.3, 0.4) is 0 Å². The zero-order valence-electron chi connectivity index (χ0n) is 20.1. The van der Waals surface area contributed by atoms with E-state index in [1.807, 2.05) is 43.5 Å². The third-order valence-corrected chi connectivity index (χ3v) is 5.54. The first-order valence-electron chi connectivity index (χ1n) is 11.6. The van der Waals surface area contributed by atoms with E-state index in [1.165, 1.54) is 18.2 Å². The van der Waals surface area contributed by atoms with E-state index in [1.54, 1.807) is 18.2 Å². The van der Waals surface area contributed by atoms with E-state index < -0.39 is 11.9 Å². The fraction of sp³-hybridized carbons (Fsp3) is 0.179. The highest BCUT2D eigenvalue weighted by atomic mass is 16.5. The van der Waals surface area contributed by atoms with Crippen LogP contribution in [0.15, 0.2) is 70.8 Å². The topological polar surface area (TPSA) is 138 Å². The van der Waals surface area contributed by atoms with Crippen molar-refractivity contribution in [1.82, 2.24) is 10.3 Å². The first-order valence-corrected chi connectivity index (χ1v) is 11.6. The van der Waals surface area contributed by atoms with Gasteiger partial charge in [0.05, 0.1) is 6.61 Å². The summed E-state index contributed by atoms with van der Waals surface area (Å²) in [6.07, 6.45) is 4.03. The van der Waals surface area contributed by atoms with Crippen LogP contribution in [-0.2, 0) is 17.8 Å². The highest BCUT2D eigenvalue weighted by molar-refractivity contribution is 6.01. The van der Waals surface area contributed by atoms with Crippen LogP contribution >= 0.6 is 0 Å². The fourth-order valence-corrected chi connectivity index (χ4v) is 3.78. The number of fused-ring (bicyclic) bond motifs is 1. The third-order valence-electron chi connectivity index (χ3n) is 5.54. The molecule has 4 aromatic rings. The Kier molecular flexibility index (Phi) is 7.91. The maximum Gasteiger partial charge on any atom is 0.371 e. The summed E-state index contributed by atoms with van der Waals surface area (Å²) in [6, 6.07) is 17.8. The molecule has 0 fully saturated rings. The number of aromatic amines is 1. The molecule has 9 nitrogen and oxygen atoms in total. The lowest BCUT2D eigenvalue weighted by molar-refractivity contribution is -0.117. The van der Waals surface area contributed by atoms with Gasteiger partial charge >= 0.3 is 5.97 Å². The van der Waals surface area contributed by atoms with Crippen LogP contribution in [0.2, 0.25) is 0 Å². The number of furan rings is 1. The highest BCUT2D eigenvalue weighted by Gasteiger charge is 2.13. The van der Waals surface area contributed by atoms with Crippen molar-refractivity contribution in [3.05, 3.63) is 89.0 Å². The molecule has 0 aliphatic heterocycles. The Labute approximate surface area is 212 Å². The van der Waals surface area contributed by atoms with Crippen LogP contribution in [0.25, 0.3) is 17.0 Å². The average molecular weight is 500 g/mol. The predicted molar refractivity (Wildman–Crippen MR) is 136 cm³/mol. The van der Waals surface area contributed by atoms with Gasteiger partial charge in [-0.3, -0.25) is 4.79 Å². The molecule has 37 heavy (non-hydrogen) atoms. The lowest BCUT2D eigenvalue weighted by atomic mass is 10.1. The Balaban J connectivity index is 1.41. The number of hydrogen-bond donors (Lipinski definition) is 3. The summed E-state index contributed by atoms with van der Waals surface area (Å²) in [7, 11) is 0. The smallest absolute Gasteiger partial charge is 0.371 e. The zero-order valence-corrected chi connectivity index (χ0v) is 20.1. The van der Waals surface area contributed by atoms with Crippen LogP contribution in [0.1, 0.15) is 34.4 Å². The average Bonchev–Trinajstić information content (AvgIpc) is 3.54. The Morgan fingerprint density at radius 2 is 1.97 bits per heavy atom. The van der Waals surface area contributed by atoms with Crippen molar-refractivity contribution in [2.45, 2.75) is 20.0 Å². The summed E-state index contributed by atoms with van der Waals surface area (Å²) in [5, 5.41) is 22.5. The van der Waals surface area contributed by atoms with Gasteiger partial charge in [-0.15, -0.1) is 0 Å². The standard InChI is InChI=1S/C28H25N3O6/c1-2-35-26-14-18(7-9-24(26)36-17-21-8-10-25(37-21)28(33)34)13-20(15-29)27(32)30-12-11-19-16-31-23-6-4-3-5-22(19)23/h3-10,13-14,16,31H,2,11-12,17H2,1H3,(H,30,32)(H,33,34). The van der Waals surface area contributed by atoms with Gasteiger partial charge in [-0.05, 0) is 60.9 Å². The molecular weight excluding hydrogens is 474 g/mol. The Morgan fingerprint density at radius 1 is 1.14 bits per heavy atom. The van der Waals surface area contributed by atoms with Crippen molar-refractivity contribution >= 4 is 28.9 Å². The van der Waals surface area contributed by atoms with E-state index in [2.05, 4.69) is 10.3 Å². The van der Waals surface area contributed by atoms with Gasteiger partial charge in [-0.1, -0.05) is 24.3 Å². The van der Waals surface area contributed by atoms with Crippen molar-refractivity contribution < 1.29 is 28.6 Å². The van der Waals surface area contributed by atoms with E-state index in [4.69, 9.17) is 19.0 Å². The second-order valence-electron chi connectivity index (χ2n) is 8.03. The largest absolute Gasteiger partial charge is 0.490 e. The number of benzene rings is 2. The van der Waals surface area contributed by atoms with E-state index in [0.29, 0.717) is 42.4 Å². The van der Waals surface area contributed by atoms with Gasteiger partial charge < -0.3 is 29.3 Å². The number of hydrogen-bond acceptors (Lipinski definition) is 6. The van der Waals surface area contributed by atoms with Gasteiger partial charge in [0.15, 0.2) is 11.5 Å². The van der Waals surface area contributed by atoms with E-state index in [9.17, 15) is 14.9 Å². The number of aromatic carboxylic acids is 1. The first-order chi connectivity index (χ1) is 18.0. The molecule has 2 aromatic carbocycles. The minimum Gasteiger partial charge on any atom is -0.490 e. The molecule has 0 unspecified atom stereocenters. The minimum atomic E-state index is -1.16. The van der Waals surface area contributed by atoms with Crippen LogP contribution in [0.4, 0.5) is 0 Å². The number of nitriles is 1. The molecule has 2 aromatic heterocycles. The summed E-state index contributed by atoms with van der Waals surface area (Å²) >= 11 is 0. The number of ether oxygens (including phenoxy) is 2. The van der Waals surface area contributed by atoms with Crippen LogP contribution in [-0.4, -0.2) is 35.1 Å². The molecule has 0 bridgehead atoms. The van der Waals surface area contributed by atoms with Gasteiger partial charge in [0.2, 0.25) is 5.76 Å². The molecule has 188 valence electrons. The molecule has 0 radical (unpaired) electrons. The highest BCUT2D eigenvalue weighted by Crippen LogP contribution is 2.30. The minimum absolute atomic E-state index is 0.00478. The van der Waals surface area contributed by atoms with E-state index in [-0.39, 0.29) is 17.9 Å². The lowest BCUT2D eigenvalue weighted by Crippen LogP contribution is -2.26. The molecule has 3 N–H and O–H groups in total. The maximum absolute atomic E-state index is 12.6. The molecule has 0 spiro atoms. The van der Waals surface area contributed by atoms with Gasteiger partial charge in [0, 0.05) is 23.6 Å². The second-order valence-corrected chi connectivity index (χ2v) is 8.03. The van der Waals surface area contributed by atoms with Crippen molar-refractivity contribution in [3.63, 3.8) is 0 Å². The fourth-order valence-electron chi connectivity index (χ4n) is 3.78. The lowest BCUT2D eigenvalue weighted by Gasteiger charge is -2.12. The molecule has 1 amide bonds. The summed E-state index contributed by atoms with van der Waals surface area (Å²) in [4.78, 5) is 26.8. The summed E-state index contributed by atoms with van der Waals surface area (Å²) in [6.45, 7) is 2.57. The van der Waals surface area contributed by atoms with Crippen LogP contribution in [0, 0.1) is 11.3 Å². The molecule has 4 rings (SSSR count). The number of nitrogens with zero attached hydrogens (tertiary/aromatic N) is 1. The Morgan fingerprint density at radius 3 is 2.73 bits per heavy atom. The second kappa shape index (κ2) is 11.6. The Bertz CT molecular complexity index is 1490. The number of aromatic nitrogens is 1. The molecule has 0 aliphatic carbocycles. The maximum atomic E-state index is 12.6. The third kappa shape index (κ3) is 6.18. The molecule has 9 heteroatoms. The van der Waals surface area contributed by atoms with Crippen LogP contribution < -0.4 is 14.8 Å². The van der Waals surface area contributed by atoms with Crippen LogP contribution in [0.5, 0.6) is 11.5 Å². The van der Waals surface area contributed by atoms with Gasteiger partial charge in [0.1, 0.15) is 24.0 Å². The number of carboxylic acid groups (broad SMARTS) is 1. The van der Waals surface area contributed by atoms with E-state index >= 15 is 0 Å². The number of amides is 1. The molecule has 0 saturated carbocycles. The molecule has 0 saturated heterocycles. The number of rotatable bonds is 11. The van der Waals surface area contributed by atoms with Crippen molar-refractivity contribution in [1.29, 1.82) is 5.26 Å². The predicted octanol–water partition coefficient (Wildman–Crippen LogP) is 4.70. The number of carbonyl (C=O) groups is 2. The Hall–Kier alpha value is -4.97. The first kappa shape index (κ1) is 25.1. The van der Waals surface area contributed by atoms with E-state index in [0.717, 1.165) is 16.5 Å². The van der Waals surface area contributed by atoms with Gasteiger partial charge in [-0.2, -0.15) is 5.26 Å². The summed E-state index contributed by atoms with van der Waals surface area (Å²) in [5.74, 6) is -0.625. The van der Waals surface area contributed by atoms with Gasteiger partial charge in [-0.25, -0.2) is 4.79 Å². The molecule has 2 heterocycles. The number of H-pyrrole nitrogens is 1. The van der Waals surface area contributed by atoms with Crippen molar-refractivity contribution in [3.8, 4) is 17.6 Å². The summed E-state index contributed by atoms with van der Waals surface area (Å²) < 4.78 is 16.6. The van der Waals surface area contributed by atoms with Crippen molar-refractivity contribution in [2.75, 3.05) is 13.2 Å². The number of para-hydroxylation sites is 1. The number of carboxylic acids is 1. The molecule has 0 atom stereocenters. The molecular formula is C28H25N3O6. The molecule has 0 aliphatic rings. The quantitative estimate of drug-likeness (QED) is 0.201. The van der Waals surface area contributed by atoms with Crippen molar-refractivity contribution in [2.24, 2.45) is 0 Å². The number of carbonyl (C=O) groups excluding carboxylic acids is 1. The zero-order chi connectivity index (χ0) is 26.2. The normalized spacial score (nSPS) is 11.2. The summed E-state index contributed by atoms with van der Waals surface area (Å²) in [5.41, 5.74) is 2.68.